The summed E-state index contributed by atoms with van der Waals surface area (Å²) < 4.78 is 1.83. The number of hydrogen-bond acceptors (Lipinski definition) is 3. The van der Waals surface area contributed by atoms with E-state index < -0.39 is 0 Å². The van der Waals surface area contributed by atoms with Gasteiger partial charge in [0, 0.05) is 31.4 Å². The minimum atomic E-state index is 0.169. The van der Waals surface area contributed by atoms with Gasteiger partial charge in [-0.25, -0.2) is 0 Å². The van der Waals surface area contributed by atoms with Gasteiger partial charge in [-0.15, -0.1) is 0 Å². The number of aryl methyl sites for hydroxylation is 1. The molecule has 2 heterocycles. The van der Waals surface area contributed by atoms with Crippen LogP contribution in [0.4, 0.5) is 0 Å². The van der Waals surface area contributed by atoms with Crippen LogP contribution >= 0.6 is 0 Å². The van der Waals surface area contributed by atoms with E-state index in [1.165, 1.54) is 18.4 Å². The molecule has 0 bridgehead atoms. The van der Waals surface area contributed by atoms with E-state index >= 15 is 0 Å². The molecule has 3 rings (SSSR count). The molecule has 0 aromatic carbocycles. The molecule has 1 unspecified atom stereocenters. The molecule has 2 aliphatic rings. The topological polar surface area (TPSA) is 50.2 Å². The zero-order valence-electron chi connectivity index (χ0n) is 11.5. The Kier molecular flexibility index (Phi) is 3.55. The lowest BCUT2D eigenvalue weighted by molar-refractivity contribution is -0.122. The number of aromatic nitrogens is 2. The molecule has 1 aromatic heterocycles. The third-order valence-electron chi connectivity index (χ3n) is 4.10. The van der Waals surface area contributed by atoms with Crippen LogP contribution in [0.5, 0.6) is 0 Å². The van der Waals surface area contributed by atoms with Gasteiger partial charge in [0.05, 0.1) is 12.7 Å². The van der Waals surface area contributed by atoms with Gasteiger partial charge >= 0.3 is 0 Å². The van der Waals surface area contributed by atoms with Crippen LogP contribution in [0.25, 0.3) is 0 Å². The Morgan fingerprint density at radius 2 is 2.32 bits per heavy atom. The molecule has 1 saturated heterocycles. The molecular weight excluding hydrogens is 240 g/mol. The SMILES string of the molecule is Cn1cc(C2CCCN2CC(=O)NCC2CC2)cn1. The predicted octanol–water partition coefficient (Wildman–Crippen LogP) is 1.08. The summed E-state index contributed by atoms with van der Waals surface area (Å²) in [4.78, 5) is 14.2. The average Bonchev–Trinajstić information content (AvgIpc) is 2.95. The molecule has 1 amide bonds. The Morgan fingerprint density at radius 3 is 3.00 bits per heavy atom. The van der Waals surface area contributed by atoms with Crippen LogP contribution in [0.3, 0.4) is 0 Å². The van der Waals surface area contributed by atoms with E-state index in [0.29, 0.717) is 12.6 Å². The van der Waals surface area contributed by atoms with Gasteiger partial charge in [0.2, 0.25) is 5.91 Å². The summed E-state index contributed by atoms with van der Waals surface area (Å²) in [6.45, 7) is 2.40. The van der Waals surface area contributed by atoms with E-state index in [1.54, 1.807) is 0 Å². The van der Waals surface area contributed by atoms with Gasteiger partial charge in [-0.1, -0.05) is 0 Å². The summed E-state index contributed by atoms with van der Waals surface area (Å²) in [5.41, 5.74) is 1.23. The Morgan fingerprint density at radius 1 is 1.47 bits per heavy atom. The van der Waals surface area contributed by atoms with Crippen molar-refractivity contribution in [3.63, 3.8) is 0 Å². The lowest BCUT2D eigenvalue weighted by Crippen LogP contribution is -2.37. The zero-order chi connectivity index (χ0) is 13.2. The highest BCUT2D eigenvalue weighted by atomic mass is 16.2. The van der Waals surface area contributed by atoms with E-state index in [2.05, 4.69) is 21.5 Å². The van der Waals surface area contributed by atoms with Crippen molar-refractivity contribution in [2.24, 2.45) is 13.0 Å². The molecule has 1 atom stereocenters. The third kappa shape index (κ3) is 3.15. The van der Waals surface area contributed by atoms with Crippen LogP contribution in [-0.2, 0) is 11.8 Å². The summed E-state index contributed by atoms with van der Waals surface area (Å²) in [7, 11) is 1.94. The summed E-state index contributed by atoms with van der Waals surface area (Å²) in [5.74, 6) is 0.916. The normalized spacial score (nSPS) is 23.7. The summed E-state index contributed by atoms with van der Waals surface area (Å²) in [6, 6.07) is 0.361. The van der Waals surface area contributed by atoms with Crippen molar-refractivity contribution in [3.05, 3.63) is 18.0 Å². The van der Waals surface area contributed by atoms with E-state index in [4.69, 9.17) is 0 Å². The molecule has 1 aromatic rings. The second-order valence-corrected chi connectivity index (χ2v) is 5.82. The quantitative estimate of drug-likeness (QED) is 0.864. The lowest BCUT2D eigenvalue weighted by Gasteiger charge is -2.22. The number of likely N-dealkylation sites (tertiary alicyclic amines) is 1. The first kappa shape index (κ1) is 12.7. The van der Waals surface area contributed by atoms with Gasteiger partial charge in [0.1, 0.15) is 0 Å². The maximum absolute atomic E-state index is 11.9. The minimum Gasteiger partial charge on any atom is -0.355 e. The van der Waals surface area contributed by atoms with Gasteiger partial charge in [-0.2, -0.15) is 5.10 Å². The molecule has 1 N–H and O–H groups in total. The molecule has 5 nitrogen and oxygen atoms in total. The van der Waals surface area contributed by atoms with Crippen molar-refractivity contribution in [3.8, 4) is 0 Å². The second-order valence-electron chi connectivity index (χ2n) is 5.82. The highest BCUT2D eigenvalue weighted by Crippen LogP contribution is 2.31. The van der Waals surface area contributed by atoms with Crippen LogP contribution in [0.2, 0.25) is 0 Å². The van der Waals surface area contributed by atoms with Crippen LogP contribution in [-0.4, -0.2) is 40.2 Å². The molecule has 104 valence electrons. The van der Waals surface area contributed by atoms with Crippen molar-refractivity contribution in [1.29, 1.82) is 0 Å². The molecule has 19 heavy (non-hydrogen) atoms. The number of nitrogens with zero attached hydrogens (tertiary/aromatic N) is 3. The summed E-state index contributed by atoms with van der Waals surface area (Å²) in [6.07, 6.45) is 8.83. The number of hydrogen-bond donors (Lipinski definition) is 1. The maximum atomic E-state index is 11.9. The first-order valence-corrected chi connectivity index (χ1v) is 7.21. The van der Waals surface area contributed by atoms with E-state index in [9.17, 15) is 4.79 Å². The molecule has 5 heteroatoms. The smallest absolute Gasteiger partial charge is 0.234 e. The number of rotatable bonds is 5. The largest absolute Gasteiger partial charge is 0.355 e. The van der Waals surface area contributed by atoms with Crippen molar-refractivity contribution >= 4 is 5.91 Å². The van der Waals surface area contributed by atoms with E-state index in [1.807, 2.05) is 17.9 Å². The standard InChI is InChI=1S/C14H22N4O/c1-17-9-12(8-16-17)13-3-2-6-18(13)10-14(19)15-7-11-4-5-11/h8-9,11,13H,2-7,10H2,1H3,(H,15,19). The fourth-order valence-corrected chi connectivity index (χ4v) is 2.83. The molecule has 1 aliphatic carbocycles. The van der Waals surface area contributed by atoms with Crippen LogP contribution in [0.1, 0.15) is 37.3 Å². The monoisotopic (exact) mass is 262 g/mol. The summed E-state index contributed by atoms with van der Waals surface area (Å²) in [5, 5.41) is 7.28. The first-order chi connectivity index (χ1) is 9.22. The highest BCUT2D eigenvalue weighted by Gasteiger charge is 2.29. The maximum Gasteiger partial charge on any atom is 0.234 e. The second kappa shape index (κ2) is 5.33. The van der Waals surface area contributed by atoms with Gasteiger partial charge in [-0.3, -0.25) is 14.4 Å². The Labute approximate surface area is 114 Å². The van der Waals surface area contributed by atoms with Gasteiger partial charge in [0.15, 0.2) is 0 Å². The number of nitrogens with one attached hydrogen (secondary N) is 1. The van der Waals surface area contributed by atoms with Crippen molar-refractivity contribution in [1.82, 2.24) is 20.0 Å². The Hall–Kier alpha value is -1.36. The molecule has 0 spiro atoms. The molecule has 2 fully saturated rings. The van der Waals surface area contributed by atoms with Crippen molar-refractivity contribution < 1.29 is 4.79 Å². The van der Waals surface area contributed by atoms with Crippen LogP contribution in [0.15, 0.2) is 12.4 Å². The Balaban J connectivity index is 1.55. The molecule has 0 radical (unpaired) electrons. The third-order valence-corrected chi connectivity index (χ3v) is 4.10. The molecular formula is C14H22N4O. The number of carbonyl (C=O) groups is 1. The number of amides is 1. The fourth-order valence-electron chi connectivity index (χ4n) is 2.83. The predicted molar refractivity (Wildman–Crippen MR) is 72.5 cm³/mol. The average molecular weight is 262 g/mol. The molecule has 1 saturated carbocycles. The van der Waals surface area contributed by atoms with Crippen molar-refractivity contribution in [2.75, 3.05) is 19.6 Å². The lowest BCUT2D eigenvalue weighted by atomic mass is 10.1. The molecule has 1 aliphatic heterocycles. The summed E-state index contributed by atoms with van der Waals surface area (Å²) >= 11 is 0. The highest BCUT2D eigenvalue weighted by molar-refractivity contribution is 5.78. The first-order valence-electron chi connectivity index (χ1n) is 7.21. The van der Waals surface area contributed by atoms with Crippen LogP contribution in [0, 0.1) is 5.92 Å². The zero-order valence-corrected chi connectivity index (χ0v) is 11.5. The Bertz CT molecular complexity index is 452. The van der Waals surface area contributed by atoms with Gasteiger partial charge < -0.3 is 5.32 Å². The van der Waals surface area contributed by atoms with Crippen molar-refractivity contribution in [2.45, 2.75) is 31.7 Å². The minimum absolute atomic E-state index is 0.169. The van der Waals surface area contributed by atoms with Gasteiger partial charge in [-0.05, 0) is 38.1 Å². The van der Waals surface area contributed by atoms with E-state index in [0.717, 1.165) is 31.8 Å². The van der Waals surface area contributed by atoms with E-state index in [-0.39, 0.29) is 5.91 Å². The fraction of sp³-hybridized carbons (Fsp3) is 0.714. The number of carbonyl (C=O) groups excluding carboxylic acids is 1. The van der Waals surface area contributed by atoms with Gasteiger partial charge in [0.25, 0.3) is 0 Å². The van der Waals surface area contributed by atoms with Crippen LogP contribution < -0.4 is 5.32 Å².